The first-order valence-electron chi connectivity index (χ1n) is 9.06. The molecule has 1 aliphatic rings. The number of hydrogen-bond donors (Lipinski definition) is 2. The smallest absolute Gasteiger partial charge is 0.191 e. The lowest BCUT2D eigenvalue weighted by atomic mass is 10.1. The molecule has 9 heteroatoms. The van der Waals surface area contributed by atoms with E-state index < -0.39 is 11.6 Å². The number of rotatable bonds is 5. The van der Waals surface area contributed by atoms with Crippen LogP contribution >= 0.6 is 24.0 Å². The maximum atomic E-state index is 14.5. The Hall–Kier alpha value is -2.01. The van der Waals surface area contributed by atoms with Crippen LogP contribution in [0, 0.1) is 17.5 Å². The highest BCUT2D eigenvalue weighted by Gasteiger charge is 2.15. The van der Waals surface area contributed by atoms with Gasteiger partial charge in [0.25, 0.3) is 0 Å². The molecule has 0 aromatic heterocycles. The molecule has 0 amide bonds. The standard InChI is InChI=1S/C20H23F3N4O.HI/c1-24-20(26-13-15-11-16(21)3-4-17(15)22)25-12-14-2-5-19(18(23)10-14)27-6-8-28-9-7-27;/h2-5,10-11H,6-9,12-13H2,1H3,(H2,24,25,26);1H. The summed E-state index contributed by atoms with van der Waals surface area (Å²) in [4.78, 5) is 6.01. The lowest BCUT2D eigenvalue weighted by Gasteiger charge is -2.29. The third-order valence-electron chi connectivity index (χ3n) is 4.50. The molecule has 0 atom stereocenters. The number of ether oxygens (including phenoxy) is 1. The minimum atomic E-state index is -0.503. The molecule has 5 nitrogen and oxygen atoms in total. The van der Waals surface area contributed by atoms with Crippen LogP contribution < -0.4 is 15.5 Å². The van der Waals surface area contributed by atoms with Crippen molar-refractivity contribution in [1.29, 1.82) is 0 Å². The van der Waals surface area contributed by atoms with Gasteiger partial charge in [-0.25, -0.2) is 13.2 Å². The highest BCUT2D eigenvalue weighted by atomic mass is 127. The number of aliphatic imine (C=N–C) groups is 1. The van der Waals surface area contributed by atoms with Gasteiger partial charge in [0.2, 0.25) is 0 Å². The van der Waals surface area contributed by atoms with Crippen LogP contribution in [0.15, 0.2) is 41.4 Å². The van der Waals surface area contributed by atoms with E-state index in [1.54, 1.807) is 13.1 Å². The fourth-order valence-electron chi connectivity index (χ4n) is 2.99. The summed E-state index contributed by atoms with van der Waals surface area (Å²) in [6, 6.07) is 8.38. The average Bonchev–Trinajstić information content (AvgIpc) is 2.71. The number of hydrogen-bond acceptors (Lipinski definition) is 3. The van der Waals surface area contributed by atoms with E-state index in [0.29, 0.717) is 44.5 Å². The lowest BCUT2D eigenvalue weighted by molar-refractivity contribution is 0.122. The highest BCUT2D eigenvalue weighted by Crippen LogP contribution is 2.21. The van der Waals surface area contributed by atoms with Gasteiger partial charge in [0.15, 0.2) is 5.96 Å². The van der Waals surface area contributed by atoms with E-state index in [1.807, 2.05) is 11.0 Å². The molecule has 0 saturated carbocycles. The van der Waals surface area contributed by atoms with E-state index >= 15 is 0 Å². The van der Waals surface area contributed by atoms with Gasteiger partial charge in [0, 0.05) is 38.8 Å². The Morgan fingerprint density at radius 1 is 1.00 bits per heavy atom. The molecule has 0 bridgehead atoms. The number of guanidine groups is 1. The summed E-state index contributed by atoms with van der Waals surface area (Å²) in [6.07, 6.45) is 0. The van der Waals surface area contributed by atoms with Crippen LogP contribution in [0.1, 0.15) is 11.1 Å². The van der Waals surface area contributed by atoms with Crippen molar-refractivity contribution in [2.45, 2.75) is 13.1 Å². The molecule has 2 N–H and O–H groups in total. The molecule has 0 aliphatic carbocycles. The molecule has 1 fully saturated rings. The quantitative estimate of drug-likeness (QED) is 0.361. The van der Waals surface area contributed by atoms with Gasteiger partial charge in [0.1, 0.15) is 17.5 Å². The molecule has 158 valence electrons. The highest BCUT2D eigenvalue weighted by molar-refractivity contribution is 14.0. The number of benzene rings is 2. The predicted octanol–water partition coefficient (Wildman–Crippen LogP) is 3.42. The first-order chi connectivity index (χ1) is 13.6. The Morgan fingerprint density at radius 2 is 1.72 bits per heavy atom. The van der Waals surface area contributed by atoms with E-state index in [9.17, 15) is 13.2 Å². The monoisotopic (exact) mass is 520 g/mol. The molecule has 2 aromatic carbocycles. The second-order valence-corrected chi connectivity index (χ2v) is 6.40. The maximum Gasteiger partial charge on any atom is 0.191 e. The Bertz CT molecular complexity index is 844. The second-order valence-electron chi connectivity index (χ2n) is 6.40. The van der Waals surface area contributed by atoms with Crippen LogP contribution in [0.2, 0.25) is 0 Å². The average molecular weight is 520 g/mol. The Balaban J connectivity index is 0.00000300. The SMILES string of the molecule is CN=C(NCc1ccc(N2CCOCC2)c(F)c1)NCc1cc(F)ccc1F.I. The van der Waals surface area contributed by atoms with Crippen LogP contribution in [0.5, 0.6) is 0 Å². The molecule has 0 radical (unpaired) electrons. The van der Waals surface area contributed by atoms with E-state index in [1.165, 1.54) is 6.07 Å². The lowest BCUT2D eigenvalue weighted by Crippen LogP contribution is -2.37. The van der Waals surface area contributed by atoms with Crippen molar-refractivity contribution in [3.63, 3.8) is 0 Å². The Kier molecular flexibility index (Phi) is 9.02. The summed E-state index contributed by atoms with van der Waals surface area (Å²) in [5.41, 5.74) is 1.51. The molecule has 1 heterocycles. The van der Waals surface area contributed by atoms with Gasteiger partial charge in [-0.05, 0) is 35.9 Å². The maximum absolute atomic E-state index is 14.5. The molecular weight excluding hydrogens is 496 g/mol. The first-order valence-corrected chi connectivity index (χ1v) is 9.06. The van der Waals surface area contributed by atoms with Gasteiger partial charge >= 0.3 is 0 Å². The molecule has 0 unspecified atom stereocenters. The van der Waals surface area contributed by atoms with Crippen molar-refractivity contribution in [2.24, 2.45) is 4.99 Å². The minimum absolute atomic E-state index is 0. The molecule has 1 aliphatic heterocycles. The molecular formula is C20H24F3IN4O. The van der Waals surface area contributed by atoms with Crippen LogP contribution in [-0.4, -0.2) is 39.3 Å². The van der Waals surface area contributed by atoms with Gasteiger partial charge < -0.3 is 20.3 Å². The van der Waals surface area contributed by atoms with E-state index in [4.69, 9.17) is 4.74 Å². The van der Waals surface area contributed by atoms with Crippen LogP contribution in [0.3, 0.4) is 0 Å². The molecule has 1 saturated heterocycles. The minimum Gasteiger partial charge on any atom is -0.378 e. The van der Waals surface area contributed by atoms with Crippen LogP contribution in [-0.2, 0) is 17.8 Å². The van der Waals surface area contributed by atoms with Gasteiger partial charge in [-0.15, -0.1) is 24.0 Å². The van der Waals surface area contributed by atoms with Gasteiger partial charge in [-0.1, -0.05) is 6.07 Å². The molecule has 3 rings (SSSR count). The summed E-state index contributed by atoms with van der Waals surface area (Å²) < 4.78 is 46.7. The molecule has 0 spiro atoms. The summed E-state index contributed by atoms with van der Waals surface area (Å²) >= 11 is 0. The van der Waals surface area contributed by atoms with Crippen molar-refractivity contribution in [1.82, 2.24) is 10.6 Å². The number of morpholine rings is 1. The Morgan fingerprint density at radius 3 is 2.41 bits per heavy atom. The number of anilines is 1. The summed E-state index contributed by atoms with van der Waals surface area (Å²) in [5.74, 6) is -0.880. The van der Waals surface area contributed by atoms with Crippen molar-refractivity contribution < 1.29 is 17.9 Å². The molecule has 2 aromatic rings. The van der Waals surface area contributed by atoms with E-state index in [2.05, 4.69) is 15.6 Å². The first kappa shape index (κ1) is 23.3. The number of nitrogens with one attached hydrogen (secondary N) is 2. The topological polar surface area (TPSA) is 48.9 Å². The van der Waals surface area contributed by atoms with Crippen molar-refractivity contribution in [3.8, 4) is 0 Å². The van der Waals surface area contributed by atoms with Crippen molar-refractivity contribution >= 4 is 35.6 Å². The third kappa shape index (κ3) is 6.49. The van der Waals surface area contributed by atoms with Crippen molar-refractivity contribution in [2.75, 3.05) is 38.3 Å². The van der Waals surface area contributed by atoms with E-state index in [-0.39, 0.29) is 41.9 Å². The summed E-state index contributed by atoms with van der Waals surface area (Å²) in [7, 11) is 1.57. The largest absolute Gasteiger partial charge is 0.378 e. The molecule has 29 heavy (non-hydrogen) atoms. The van der Waals surface area contributed by atoms with E-state index in [0.717, 1.165) is 23.8 Å². The second kappa shape index (κ2) is 11.2. The zero-order valence-corrected chi connectivity index (χ0v) is 18.4. The van der Waals surface area contributed by atoms with Crippen LogP contribution in [0.25, 0.3) is 0 Å². The third-order valence-corrected chi connectivity index (χ3v) is 4.50. The number of halogens is 4. The predicted molar refractivity (Wildman–Crippen MR) is 118 cm³/mol. The Labute approximate surface area is 185 Å². The fraction of sp³-hybridized carbons (Fsp3) is 0.350. The van der Waals surface area contributed by atoms with Gasteiger partial charge in [0.05, 0.1) is 18.9 Å². The zero-order chi connectivity index (χ0) is 19.9. The van der Waals surface area contributed by atoms with Gasteiger partial charge in [-0.2, -0.15) is 0 Å². The summed E-state index contributed by atoms with van der Waals surface area (Å²) in [5, 5.41) is 5.96. The summed E-state index contributed by atoms with van der Waals surface area (Å²) in [6.45, 7) is 2.94. The normalized spacial score (nSPS) is 14.3. The van der Waals surface area contributed by atoms with Gasteiger partial charge in [-0.3, -0.25) is 4.99 Å². The zero-order valence-electron chi connectivity index (χ0n) is 16.1. The number of nitrogens with zero attached hydrogens (tertiary/aromatic N) is 2. The van der Waals surface area contributed by atoms with Crippen molar-refractivity contribution in [3.05, 3.63) is 65.0 Å². The van der Waals surface area contributed by atoms with Crippen LogP contribution in [0.4, 0.5) is 18.9 Å². The fourth-order valence-corrected chi connectivity index (χ4v) is 2.99.